The van der Waals surface area contributed by atoms with E-state index in [2.05, 4.69) is 18.7 Å². The van der Waals surface area contributed by atoms with E-state index in [1.165, 1.54) is 6.42 Å². The van der Waals surface area contributed by atoms with Gasteiger partial charge in [0.15, 0.2) is 0 Å². The van der Waals surface area contributed by atoms with Gasteiger partial charge in [-0.25, -0.2) is 0 Å². The van der Waals surface area contributed by atoms with Crippen LogP contribution < -0.4 is 5.73 Å². The number of nitrogens with zero attached hydrogens (tertiary/aromatic N) is 1. The number of hydrogen-bond donors (Lipinski definition) is 1. The molecule has 0 aromatic carbocycles. The van der Waals surface area contributed by atoms with Crippen LogP contribution in [0.5, 0.6) is 0 Å². The summed E-state index contributed by atoms with van der Waals surface area (Å²) in [6.07, 6.45) is 6.86. The molecule has 0 aromatic heterocycles. The highest BCUT2D eigenvalue weighted by Gasteiger charge is 2.32. The van der Waals surface area contributed by atoms with Gasteiger partial charge in [-0.05, 0) is 38.8 Å². The van der Waals surface area contributed by atoms with Crippen molar-refractivity contribution in [2.24, 2.45) is 11.7 Å². The zero-order chi connectivity index (χ0) is 12.0. The fraction of sp³-hybridized carbons (Fsp3) is 0.923. The van der Waals surface area contributed by atoms with Gasteiger partial charge in [0.2, 0.25) is 5.91 Å². The van der Waals surface area contributed by atoms with E-state index in [1.807, 2.05) is 0 Å². The van der Waals surface area contributed by atoms with Crippen molar-refractivity contribution in [3.63, 3.8) is 0 Å². The Morgan fingerprint density at radius 1 is 1.19 bits per heavy atom. The van der Waals surface area contributed by atoms with Crippen molar-refractivity contribution in [3.05, 3.63) is 0 Å². The number of hydrogen-bond acceptors (Lipinski definition) is 2. The molecule has 2 atom stereocenters. The Kier molecular flexibility index (Phi) is 5.81. The predicted molar refractivity (Wildman–Crippen MR) is 67.1 cm³/mol. The number of carbonyl (C=O) groups excluding carboxylic acids is 1. The smallest absolute Gasteiger partial charge is 0.222 e. The average Bonchev–Trinajstić information content (AvgIpc) is 2.29. The summed E-state index contributed by atoms with van der Waals surface area (Å²) in [5.74, 6) is -0.00578. The van der Waals surface area contributed by atoms with Crippen LogP contribution in [0.4, 0.5) is 0 Å². The van der Waals surface area contributed by atoms with Gasteiger partial charge < -0.3 is 5.73 Å². The standard InChI is InChI=1S/C13H26N2O/c1-3-9-15(10-4-2)12-8-6-5-7-11(12)13(14)16/h11-12H,3-10H2,1-2H3,(H2,14,16). The van der Waals surface area contributed by atoms with E-state index in [-0.39, 0.29) is 11.8 Å². The maximum Gasteiger partial charge on any atom is 0.222 e. The Hall–Kier alpha value is -0.570. The van der Waals surface area contributed by atoms with Crippen LogP contribution in [0.2, 0.25) is 0 Å². The summed E-state index contributed by atoms with van der Waals surface area (Å²) in [7, 11) is 0. The van der Waals surface area contributed by atoms with E-state index >= 15 is 0 Å². The Bertz CT molecular complexity index is 212. The highest BCUT2D eigenvalue weighted by molar-refractivity contribution is 5.77. The average molecular weight is 226 g/mol. The topological polar surface area (TPSA) is 46.3 Å². The van der Waals surface area contributed by atoms with Crippen LogP contribution in [-0.2, 0) is 4.79 Å². The molecule has 3 heteroatoms. The molecule has 16 heavy (non-hydrogen) atoms. The van der Waals surface area contributed by atoms with E-state index in [9.17, 15) is 4.79 Å². The van der Waals surface area contributed by atoms with Crippen LogP contribution in [0.25, 0.3) is 0 Å². The third-order valence-electron chi connectivity index (χ3n) is 3.59. The molecule has 94 valence electrons. The second kappa shape index (κ2) is 6.89. The summed E-state index contributed by atoms with van der Waals surface area (Å²) >= 11 is 0. The molecule has 0 bridgehead atoms. The lowest BCUT2D eigenvalue weighted by Crippen LogP contribution is -2.47. The summed E-state index contributed by atoms with van der Waals surface area (Å²) in [5, 5.41) is 0. The van der Waals surface area contributed by atoms with Gasteiger partial charge in [0.25, 0.3) is 0 Å². The molecule has 0 heterocycles. The molecule has 1 saturated carbocycles. The molecule has 1 rings (SSSR count). The molecule has 0 aromatic rings. The fourth-order valence-electron chi connectivity index (χ4n) is 2.90. The Morgan fingerprint density at radius 2 is 1.75 bits per heavy atom. The number of nitrogens with two attached hydrogens (primary N) is 1. The fourth-order valence-corrected chi connectivity index (χ4v) is 2.90. The first-order valence-electron chi connectivity index (χ1n) is 6.74. The summed E-state index contributed by atoms with van der Waals surface area (Å²) in [4.78, 5) is 14.0. The van der Waals surface area contributed by atoms with E-state index < -0.39 is 0 Å². The number of rotatable bonds is 6. The maximum atomic E-state index is 11.5. The van der Waals surface area contributed by atoms with E-state index in [4.69, 9.17) is 5.73 Å². The summed E-state index contributed by atoms with van der Waals surface area (Å²) in [6.45, 7) is 6.60. The normalized spacial score (nSPS) is 25.9. The molecule has 0 spiro atoms. The lowest BCUT2D eigenvalue weighted by Gasteiger charge is -2.38. The number of carbonyl (C=O) groups is 1. The van der Waals surface area contributed by atoms with Gasteiger partial charge >= 0.3 is 0 Å². The highest BCUT2D eigenvalue weighted by Crippen LogP contribution is 2.28. The van der Waals surface area contributed by atoms with Gasteiger partial charge in [-0.15, -0.1) is 0 Å². The first-order valence-corrected chi connectivity index (χ1v) is 6.74. The van der Waals surface area contributed by atoms with Crippen molar-refractivity contribution in [2.75, 3.05) is 13.1 Å². The quantitative estimate of drug-likeness (QED) is 0.754. The lowest BCUT2D eigenvalue weighted by atomic mass is 9.83. The molecule has 0 aliphatic heterocycles. The summed E-state index contributed by atoms with van der Waals surface area (Å²) in [5.41, 5.74) is 5.52. The van der Waals surface area contributed by atoms with Gasteiger partial charge in [-0.3, -0.25) is 9.69 Å². The minimum absolute atomic E-state index is 0.0897. The van der Waals surface area contributed by atoms with Crippen LogP contribution in [0.1, 0.15) is 52.4 Å². The van der Waals surface area contributed by atoms with Crippen LogP contribution in [-0.4, -0.2) is 29.9 Å². The molecule has 1 aliphatic carbocycles. The number of primary amides is 1. The van der Waals surface area contributed by atoms with Crippen molar-refractivity contribution in [1.29, 1.82) is 0 Å². The van der Waals surface area contributed by atoms with E-state index in [1.54, 1.807) is 0 Å². The zero-order valence-electron chi connectivity index (χ0n) is 10.7. The molecule has 0 radical (unpaired) electrons. The van der Waals surface area contributed by atoms with Crippen molar-refractivity contribution < 1.29 is 4.79 Å². The first-order chi connectivity index (χ1) is 7.70. The molecule has 0 saturated heterocycles. The zero-order valence-corrected chi connectivity index (χ0v) is 10.7. The highest BCUT2D eigenvalue weighted by atomic mass is 16.1. The van der Waals surface area contributed by atoms with Gasteiger partial charge in [-0.2, -0.15) is 0 Å². The molecule has 1 fully saturated rings. The van der Waals surface area contributed by atoms with Crippen molar-refractivity contribution >= 4 is 5.91 Å². The monoisotopic (exact) mass is 226 g/mol. The maximum absolute atomic E-state index is 11.5. The van der Waals surface area contributed by atoms with Crippen molar-refractivity contribution in [1.82, 2.24) is 4.90 Å². The van der Waals surface area contributed by atoms with Gasteiger partial charge in [0.1, 0.15) is 0 Å². The Balaban J connectivity index is 2.66. The van der Waals surface area contributed by atoms with Gasteiger partial charge in [-0.1, -0.05) is 26.7 Å². The molecule has 1 aliphatic rings. The second-order valence-electron chi connectivity index (χ2n) is 4.90. The van der Waals surface area contributed by atoms with Crippen molar-refractivity contribution in [3.8, 4) is 0 Å². The van der Waals surface area contributed by atoms with Crippen LogP contribution in [0.15, 0.2) is 0 Å². The molecule has 1 amide bonds. The lowest BCUT2D eigenvalue weighted by molar-refractivity contribution is -0.125. The SMILES string of the molecule is CCCN(CCC)C1CCCCC1C(N)=O. The van der Waals surface area contributed by atoms with Gasteiger partial charge in [0.05, 0.1) is 5.92 Å². The molecule has 2 N–H and O–H groups in total. The Labute approximate surface area is 99.4 Å². The third-order valence-corrected chi connectivity index (χ3v) is 3.59. The van der Waals surface area contributed by atoms with Gasteiger partial charge in [0, 0.05) is 6.04 Å². The first kappa shape index (κ1) is 13.5. The summed E-state index contributed by atoms with van der Waals surface area (Å²) < 4.78 is 0. The van der Waals surface area contributed by atoms with Crippen molar-refractivity contribution in [2.45, 2.75) is 58.4 Å². The number of amides is 1. The summed E-state index contributed by atoms with van der Waals surface area (Å²) in [6, 6.07) is 0.408. The Morgan fingerprint density at radius 3 is 2.25 bits per heavy atom. The minimum atomic E-state index is -0.0955. The second-order valence-corrected chi connectivity index (χ2v) is 4.90. The van der Waals surface area contributed by atoms with Crippen LogP contribution in [0, 0.1) is 5.92 Å². The molecular weight excluding hydrogens is 200 g/mol. The molecule has 2 unspecified atom stereocenters. The third kappa shape index (κ3) is 3.48. The van der Waals surface area contributed by atoms with E-state index in [0.717, 1.165) is 45.2 Å². The van der Waals surface area contributed by atoms with Crippen LogP contribution >= 0.6 is 0 Å². The van der Waals surface area contributed by atoms with E-state index in [0.29, 0.717) is 6.04 Å². The predicted octanol–water partition coefficient (Wildman–Crippen LogP) is 2.15. The molecular formula is C13H26N2O. The minimum Gasteiger partial charge on any atom is -0.369 e. The molecule has 3 nitrogen and oxygen atoms in total. The van der Waals surface area contributed by atoms with Crippen LogP contribution in [0.3, 0.4) is 0 Å². The largest absolute Gasteiger partial charge is 0.369 e.